The number of barbiturate groups is 1. The van der Waals surface area contributed by atoms with Gasteiger partial charge in [0.1, 0.15) is 5.41 Å². The van der Waals surface area contributed by atoms with E-state index in [4.69, 9.17) is 0 Å². The number of carbonyl (C=O) groups excluding carboxylic acids is 3. The highest BCUT2D eigenvalue weighted by molar-refractivity contribution is 6.19. The van der Waals surface area contributed by atoms with Crippen molar-refractivity contribution in [2.75, 3.05) is 6.54 Å². The minimum atomic E-state index is -1.06. The molecule has 2 atom stereocenters. The summed E-state index contributed by atoms with van der Waals surface area (Å²) in [5, 5.41) is 2.38. The zero-order valence-electron chi connectivity index (χ0n) is 13.3. The molecule has 1 saturated carbocycles. The summed E-state index contributed by atoms with van der Waals surface area (Å²) in [5.74, 6) is 0.136. The van der Waals surface area contributed by atoms with Gasteiger partial charge >= 0.3 is 6.03 Å². The largest absolute Gasteiger partial charge is 0.330 e. The third-order valence-corrected chi connectivity index (χ3v) is 5.47. The van der Waals surface area contributed by atoms with E-state index in [0.29, 0.717) is 31.2 Å². The van der Waals surface area contributed by atoms with Crippen LogP contribution in [0, 0.1) is 17.3 Å². The number of amides is 4. The average molecular weight is 294 g/mol. The number of hydrogen-bond acceptors (Lipinski definition) is 3. The average Bonchev–Trinajstić information content (AvgIpc) is 2.46. The molecule has 1 aliphatic carbocycles. The lowest BCUT2D eigenvalue weighted by atomic mass is 9.77. The van der Waals surface area contributed by atoms with Gasteiger partial charge in [-0.2, -0.15) is 0 Å². The molecule has 0 bridgehead atoms. The second kappa shape index (κ2) is 6.16. The Bertz CT molecular complexity index is 443. The molecule has 2 fully saturated rings. The molecule has 2 aliphatic rings. The van der Waals surface area contributed by atoms with Crippen molar-refractivity contribution in [3.8, 4) is 0 Å². The van der Waals surface area contributed by atoms with Crippen LogP contribution in [-0.4, -0.2) is 29.3 Å². The number of rotatable bonds is 4. The fourth-order valence-electron chi connectivity index (χ4n) is 3.67. The number of nitrogens with zero attached hydrogens (tertiary/aromatic N) is 1. The lowest BCUT2D eigenvalue weighted by molar-refractivity contribution is -0.152. The van der Waals surface area contributed by atoms with Crippen molar-refractivity contribution < 1.29 is 14.4 Å². The lowest BCUT2D eigenvalue weighted by Crippen LogP contribution is -2.64. The molecular weight excluding hydrogens is 268 g/mol. The van der Waals surface area contributed by atoms with E-state index in [-0.39, 0.29) is 5.91 Å². The highest BCUT2D eigenvalue weighted by atomic mass is 16.2. The van der Waals surface area contributed by atoms with Crippen LogP contribution in [-0.2, 0) is 9.59 Å². The molecule has 0 radical (unpaired) electrons. The van der Waals surface area contributed by atoms with E-state index in [1.807, 2.05) is 13.8 Å². The van der Waals surface area contributed by atoms with Crippen molar-refractivity contribution in [3.05, 3.63) is 0 Å². The molecule has 0 spiro atoms. The maximum Gasteiger partial charge on any atom is 0.330 e. The summed E-state index contributed by atoms with van der Waals surface area (Å²) in [6.07, 6.45) is 5.45. The van der Waals surface area contributed by atoms with Gasteiger partial charge in [0.25, 0.3) is 0 Å². The summed E-state index contributed by atoms with van der Waals surface area (Å²) in [4.78, 5) is 38.3. The van der Waals surface area contributed by atoms with Gasteiger partial charge < -0.3 is 0 Å². The second-order valence-electron chi connectivity index (χ2n) is 6.49. The Balaban J connectivity index is 2.19. The van der Waals surface area contributed by atoms with Crippen LogP contribution < -0.4 is 5.32 Å². The molecule has 0 aromatic carbocycles. The number of imide groups is 2. The minimum Gasteiger partial charge on any atom is -0.277 e. The molecular formula is C16H26N2O3. The van der Waals surface area contributed by atoms with E-state index in [2.05, 4.69) is 12.2 Å². The van der Waals surface area contributed by atoms with Gasteiger partial charge in [-0.15, -0.1) is 0 Å². The Morgan fingerprint density at radius 2 is 1.76 bits per heavy atom. The van der Waals surface area contributed by atoms with Crippen LogP contribution in [0.5, 0.6) is 0 Å². The first-order chi connectivity index (χ1) is 9.96. The van der Waals surface area contributed by atoms with E-state index < -0.39 is 17.4 Å². The Kier molecular flexibility index (Phi) is 4.69. The molecule has 1 saturated heterocycles. The third-order valence-electron chi connectivity index (χ3n) is 5.47. The fourth-order valence-corrected chi connectivity index (χ4v) is 3.67. The topological polar surface area (TPSA) is 66.5 Å². The summed E-state index contributed by atoms with van der Waals surface area (Å²) in [5.41, 5.74) is -1.06. The summed E-state index contributed by atoms with van der Waals surface area (Å²) in [6, 6.07) is -0.541. The molecule has 4 amide bonds. The lowest BCUT2D eigenvalue weighted by Gasteiger charge is -2.41. The van der Waals surface area contributed by atoms with Crippen LogP contribution in [0.1, 0.15) is 59.3 Å². The van der Waals surface area contributed by atoms with E-state index in [1.54, 1.807) is 0 Å². The second-order valence-corrected chi connectivity index (χ2v) is 6.49. The van der Waals surface area contributed by atoms with Crippen molar-refractivity contribution in [1.82, 2.24) is 10.2 Å². The summed E-state index contributed by atoms with van der Waals surface area (Å²) in [7, 11) is 0. The zero-order valence-corrected chi connectivity index (χ0v) is 13.3. The normalized spacial score (nSPS) is 29.5. The molecule has 5 nitrogen and oxygen atoms in total. The van der Waals surface area contributed by atoms with Gasteiger partial charge in [0, 0.05) is 6.54 Å². The van der Waals surface area contributed by atoms with Gasteiger partial charge in [0.2, 0.25) is 11.8 Å². The predicted octanol–water partition coefficient (Wildman–Crippen LogP) is 2.70. The Morgan fingerprint density at radius 3 is 2.33 bits per heavy atom. The first kappa shape index (κ1) is 16.0. The predicted molar refractivity (Wildman–Crippen MR) is 79.4 cm³/mol. The molecule has 21 heavy (non-hydrogen) atoms. The molecule has 118 valence electrons. The third kappa shape index (κ3) is 2.70. The van der Waals surface area contributed by atoms with Crippen molar-refractivity contribution >= 4 is 17.8 Å². The van der Waals surface area contributed by atoms with Crippen molar-refractivity contribution in [2.24, 2.45) is 17.3 Å². The molecule has 1 aliphatic heterocycles. The van der Waals surface area contributed by atoms with E-state index in [1.165, 1.54) is 11.3 Å². The molecule has 5 heteroatoms. The van der Waals surface area contributed by atoms with E-state index in [9.17, 15) is 14.4 Å². The number of carbonyl (C=O) groups is 3. The van der Waals surface area contributed by atoms with Crippen LogP contribution >= 0.6 is 0 Å². The van der Waals surface area contributed by atoms with Crippen LogP contribution in [0.25, 0.3) is 0 Å². The maximum absolute atomic E-state index is 12.8. The molecule has 2 unspecified atom stereocenters. The summed E-state index contributed by atoms with van der Waals surface area (Å²) >= 11 is 0. The van der Waals surface area contributed by atoms with Gasteiger partial charge in [-0.1, -0.05) is 40.0 Å². The number of hydrogen-bond donors (Lipinski definition) is 1. The summed E-state index contributed by atoms with van der Waals surface area (Å²) < 4.78 is 0. The van der Waals surface area contributed by atoms with Gasteiger partial charge in [-0.05, 0) is 31.1 Å². The highest BCUT2D eigenvalue weighted by Crippen LogP contribution is 2.35. The number of urea groups is 1. The van der Waals surface area contributed by atoms with E-state index >= 15 is 0 Å². The Hall–Kier alpha value is -1.39. The Labute approximate surface area is 126 Å². The number of nitrogens with one attached hydrogen (secondary N) is 1. The monoisotopic (exact) mass is 294 g/mol. The minimum absolute atomic E-state index is 0.306. The molecule has 1 heterocycles. The van der Waals surface area contributed by atoms with Gasteiger partial charge in [0.05, 0.1) is 0 Å². The molecule has 2 rings (SSSR count). The Morgan fingerprint density at radius 1 is 1.14 bits per heavy atom. The SMILES string of the molecule is CCC1(CC)C(=O)NC(=O)N(CC2CCCCC2C)C1=O. The molecule has 0 aromatic rings. The van der Waals surface area contributed by atoms with Crippen LogP contribution in [0.4, 0.5) is 4.79 Å². The van der Waals surface area contributed by atoms with Crippen LogP contribution in [0.15, 0.2) is 0 Å². The van der Waals surface area contributed by atoms with Gasteiger partial charge in [0.15, 0.2) is 0 Å². The van der Waals surface area contributed by atoms with Crippen LogP contribution in [0.2, 0.25) is 0 Å². The first-order valence-corrected chi connectivity index (χ1v) is 8.13. The first-order valence-electron chi connectivity index (χ1n) is 8.13. The van der Waals surface area contributed by atoms with Crippen LogP contribution in [0.3, 0.4) is 0 Å². The standard InChI is InChI=1S/C16H26N2O3/c1-4-16(5-2)13(19)17-15(21)18(14(16)20)10-12-9-7-6-8-11(12)3/h11-12H,4-10H2,1-3H3,(H,17,19,21). The van der Waals surface area contributed by atoms with Gasteiger partial charge in [-0.25, -0.2) is 4.79 Å². The smallest absolute Gasteiger partial charge is 0.277 e. The van der Waals surface area contributed by atoms with Crippen molar-refractivity contribution in [2.45, 2.75) is 59.3 Å². The van der Waals surface area contributed by atoms with Crippen molar-refractivity contribution in [1.29, 1.82) is 0 Å². The molecule has 1 N–H and O–H groups in total. The summed E-state index contributed by atoms with van der Waals surface area (Å²) in [6.45, 7) is 6.30. The van der Waals surface area contributed by atoms with E-state index in [0.717, 1.165) is 19.3 Å². The fraction of sp³-hybridized carbons (Fsp3) is 0.812. The molecule has 0 aromatic heterocycles. The maximum atomic E-state index is 12.8. The van der Waals surface area contributed by atoms with Crippen molar-refractivity contribution in [3.63, 3.8) is 0 Å². The quantitative estimate of drug-likeness (QED) is 0.811. The highest BCUT2D eigenvalue weighted by Gasteiger charge is 2.51. The van der Waals surface area contributed by atoms with Gasteiger partial charge in [-0.3, -0.25) is 19.8 Å². The zero-order chi connectivity index (χ0) is 15.6.